The Morgan fingerprint density at radius 3 is 2.53 bits per heavy atom. The van der Waals surface area contributed by atoms with Gasteiger partial charge in [-0.3, -0.25) is 0 Å². The van der Waals surface area contributed by atoms with Crippen molar-refractivity contribution in [2.75, 3.05) is 0 Å². The van der Waals surface area contributed by atoms with Crippen LogP contribution in [-0.2, 0) is 0 Å². The van der Waals surface area contributed by atoms with Gasteiger partial charge in [-0.2, -0.15) is 0 Å². The van der Waals surface area contributed by atoms with Gasteiger partial charge in [0.15, 0.2) is 0 Å². The fourth-order valence-corrected chi connectivity index (χ4v) is 4.62. The molecule has 0 aromatic carbocycles. The summed E-state index contributed by atoms with van der Waals surface area (Å²) in [5.41, 5.74) is 1.16. The van der Waals surface area contributed by atoms with E-state index in [1.807, 2.05) is 11.3 Å². The van der Waals surface area contributed by atoms with Crippen LogP contribution in [0.5, 0.6) is 5.19 Å². The van der Waals surface area contributed by atoms with E-state index in [0.717, 1.165) is 10.7 Å². The number of hydrogen-bond donors (Lipinski definition) is 0. The highest BCUT2D eigenvalue weighted by molar-refractivity contribution is 7.25. The number of thiophene rings is 1. The molecule has 0 unspecified atom stereocenters. The average Bonchev–Trinajstić information content (AvgIpc) is 2.83. The summed E-state index contributed by atoms with van der Waals surface area (Å²) >= 11 is 3.55. The van der Waals surface area contributed by atoms with Crippen LogP contribution in [0.1, 0.15) is 41.9 Å². The molecule has 2 aromatic rings. The molecule has 0 saturated heterocycles. The second kappa shape index (κ2) is 4.58. The van der Waals surface area contributed by atoms with E-state index in [-0.39, 0.29) is 0 Å². The number of rotatable bonds is 2. The molecule has 1 aliphatic rings. The second-order valence-electron chi connectivity index (χ2n) is 4.75. The standard InChI is InChI=1S/C13H17NOS2/c1-8-11-12(9(2)16-8)17-13(14-11)15-10-6-4-3-5-7-10/h10H,3-7H2,1-2H3. The van der Waals surface area contributed by atoms with Crippen molar-refractivity contribution in [3.8, 4) is 5.19 Å². The number of ether oxygens (including phenoxy) is 1. The number of fused-ring (bicyclic) bond motifs is 1. The summed E-state index contributed by atoms with van der Waals surface area (Å²) in [6.07, 6.45) is 6.78. The van der Waals surface area contributed by atoms with Crippen LogP contribution in [0.4, 0.5) is 0 Å². The SMILES string of the molecule is Cc1sc(C)c2sc(OC3CCCCC3)nc12. The van der Waals surface area contributed by atoms with Crippen molar-refractivity contribution in [3.63, 3.8) is 0 Å². The lowest BCUT2D eigenvalue weighted by atomic mass is 9.98. The van der Waals surface area contributed by atoms with Gasteiger partial charge in [0.05, 0.1) is 10.2 Å². The second-order valence-corrected chi connectivity index (χ2v) is 7.14. The fraction of sp³-hybridized carbons (Fsp3) is 0.615. The number of nitrogens with zero attached hydrogens (tertiary/aromatic N) is 1. The summed E-state index contributed by atoms with van der Waals surface area (Å²) in [5, 5.41) is 0.876. The first-order chi connectivity index (χ1) is 8.24. The predicted molar refractivity (Wildman–Crippen MR) is 74.5 cm³/mol. The third kappa shape index (κ3) is 2.20. The summed E-state index contributed by atoms with van der Waals surface area (Å²) < 4.78 is 7.34. The van der Waals surface area contributed by atoms with E-state index in [1.54, 1.807) is 11.3 Å². The predicted octanol–water partition coefficient (Wildman–Crippen LogP) is 4.69. The van der Waals surface area contributed by atoms with E-state index in [9.17, 15) is 0 Å². The molecular formula is C13H17NOS2. The Kier molecular flexibility index (Phi) is 3.09. The van der Waals surface area contributed by atoms with Gasteiger partial charge in [0.1, 0.15) is 6.10 Å². The van der Waals surface area contributed by atoms with Crippen molar-refractivity contribution in [2.45, 2.75) is 52.1 Å². The van der Waals surface area contributed by atoms with Crippen LogP contribution >= 0.6 is 22.7 Å². The highest BCUT2D eigenvalue weighted by atomic mass is 32.1. The van der Waals surface area contributed by atoms with Gasteiger partial charge < -0.3 is 4.74 Å². The zero-order valence-corrected chi connectivity index (χ0v) is 11.9. The van der Waals surface area contributed by atoms with Gasteiger partial charge in [0, 0.05) is 9.75 Å². The maximum Gasteiger partial charge on any atom is 0.274 e. The molecule has 17 heavy (non-hydrogen) atoms. The van der Waals surface area contributed by atoms with Crippen LogP contribution < -0.4 is 4.74 Å². The van der Waals surface area contributed by atoms with Crippen molar-refractivity contribution in [1.82, 2.24) is 4.98 Å². The Hall–Kier alpha value is -0.610. The number of aryl methyl sites for hydroxylation is 2. The minimum atomic E-state index is 0.406. The quantitative estimate of drug-likeness (QED) is 0.787. The van der Waals surface area contributed by atoms with Crippen molar-refractivity contribution < 1.29 is 4.74 Å². The summed E-state index contributed by atoms with van der Waals surface area (Å²) in [6, 6.07) is 0. The average molecular weight is 267 g/mol. The van der Waals surface area contributed by atoms with Crippen molar-refractivity contribution >= 4 is 32.9 Å². The van der Waals surface area contributed by atoms with E-state index < -0.39 is 0 Å². The van der Waals surface area contributed by atoms with E-state index in [1.165, 1.54) is 46.6 Å². The maximum atomic E-state index is 6.02. The monoisotopic (exact) mass is 267 g/mol. The van der Waals surface area contributed by atoms with Gasteiger partial charge in [-0.05, 0) is 39.5 Å². The van der Waals surface area contributed by atoms with Gasteiger partial charge in [0.2, 0.25) is 0 Å². The molecule has 1 fully saturated rings. The third-order valence-corrected chi connectivity index (χ3v) is 5.59. The normalized spacial score (nSPS) is 17.8. The van der Waals surface area contributed by atoms with Crippen LogP contribution in [0, 0.1) is 13.8 Å². The minimum Gasteiger partial charge on any atom is -0.467 e. The fourth-order valence-electron chi connectivity index (χ4n) is 2.48. The minimum absolute atomic E-state index is 0.406. The molecule has 2 nitrogen and oxygen atoms in total. The van der Waals surface area contributed by atoms with E-state index in [2.05, 4.69) is 18.8 Å². The largest absolute Gasteiger partial charge is 0.467 e. The Morgan fingerprint density at radius 2 is 1.82 bits per heavy atom. The molecule has 4 heteroatoms. The Morgan fingerprint density at radius 1 is 1.06 bits per heavy atom. The first-order valence-electron chi connectivity index (χ1n) is 6.27. The van der Waals surface area contributed by atoms with Crippen molar-refractivity contribution in [1.29, 1.82) is 0 Å². The molecule has 3 rings (SSSR count). The van der Waals surface area contributed by atoms with Gasteiger partial charge in [-0.1, -0.05) is 17.8 Å². The molecule has 0 bridgehead atoms. The first-order valence-corrected chi connectivity index (χ1v) is 7.90. The lowest BCUT2D eigenvalue weighted by molar-refractivity contribution is 0.155. The molecule has 92 valence electrons. The number of thiazole rings is 1. The third-order valence-electron chi connectivity index (χ3n) is 3.39. The smallest absolute Gasteiger partial charge is 0.274 e. The van der Waals surface area contributed by atoms with Crippen LogP contribution in [-0.4, -0.2) is 11.1 Å². The molecule has 1 aliphatic carbocycles. The van der Waals surface area contributed by atoms with Gasteiger partial charge in [-0.25, -0.2) is 4.98 Å². The van der Waals surface area contributed by atoms with Crippen molar-refractivity contribution in [2.24, 2.45) is 0 Å². The first kappa shape index (κ1) is 11.5. The Balaban J connectivity index is 1.83. The maximum absolute atomic E-state index is 6.02. The zero-order chi connectivity index (χ0) is 11.8. The molecular weight excluding hydrogens is 250 g/mol. The molecule has 1 saturated carbocycles. The molecule has 0 aliphatic heterocycles. The van der Waals surface area contributed by atoms with Gasteiger partial charge >= 0.3 is 0 Å². The summed E-state index contributed by atoms with van der Waals surface area (Å²) in [5.74, 6) is 0. The van der Waals surface area contributed by atoms with Crippen LogP contribution in [0.25, 0.3) is 10.2 Å². The molecule has 0 N–H and O–H groups in total. The van der Waals surface area contributed by atoms with Crippen LogP contribution in [0.3, 0.4) is 0 Å². The summed E-state index contributed by atoms with van der Waals surface area (Å²) in [7, 11) is 0. The van der Waals surface area contributed by atoms with E-state index >= 15 is 0 Å². The zero-order valence-electron chi connectivity index (χ0n) is 10.3. The molecule has 0 atom stereocenters. The molecule has 0 amide bonds. The lowest BCUT2D eigenvalue weighted by Crippen LogP contribution is -2.19. The lowest BCUT2D eigenvalue weighted by Gasteiger charge is -2.21. The van der Waals surface area contributed by atoms with E-state index in [4.69, 9.17) is 4.74 Å². The van der Waals surface area contributed by atoms with Crippen LogP contribution in [0.2, 0.25) is 0 Å². The van der Waals surface area contributed by atoms with E-state index in [0.29, 0.717) is 6.10 Å². The van der Waals surface area contributed by atoms with Gasteiger partial charge in [-0.15, -0.1) is 11.3 Å². The van der Waals surface area contributed by atoms with Gasteiger partial charge in [0.25, 0.3) is 5.19 Å². The molecule has 2 aromatic heterocycles. The molecule has 0 spiro atoms. The van der Waals surface area contributed by atoms with Crippen molar-refractivity contribution in [3.05, 3.63) is 9.75 Å². The number of aromatic nitrogens is 1. The number of hydrogen-bond acceptors (Lipinski definition) is 4. The summed E-state index contributed by atoms with van der Waals surface area (Å²) in [4.78, 5) is 7.32. The topological polar surface area (TPSA) is 22.1 Å². The molecule has 2 heterocycles. The summed E-state index contributed by atoms with van der Waals surface area (Å²) in [6.45, 7) is 4.31. The van der Waals surface area contributed by atoms with Crippen LogP contribution in [0.15, 0.2) is 0 Å². The molecule has 0 radical (unpaired) electrons. The highest BCUT2D eigenvalue weighted by Crippen LogP contribution is 2.38. The Bertz CT molecular complexity index is 488. The highest BCUT2D eigenvalue weighted by Gasteiger charge is 2.18. The Labute approximate surface area is 110 Å².